The van der Waals surface area contributed by atoms with Crippen molar-refractivity contribution in [2.75, 3.05) is 5.32 Å². The Labute approximate surface area is 120 Å². The monoisotopic (exact) mass is 287 g/mol. The Kier molecular flexibility index (Phi) is 3.52. The molecule has 0 unspecified atom stereocenters. The van der Waals surface area contributed by atoms with Crippen LogP contribution in [0.3, 0.4) is 0 Å². The summed E-state index contributed by atoms with van der Waals surface area (Å²) in [6.45, 7) is 0. The van der Waals surface area contributed by atoms with Gasteiger partial charge in [-0.1, -0.05) is 11.6 Å². The van der Waals surface area contributed by atoms with Gasteiger partial charge in [0.25, 0.3) is 5.91 Å². The quantitative estimate of drug-likeness (QED) is 0.861. The zero-order chi connectivity index (χ0) is 13.9. The van der Waals surface area contributed by atoms with Crippen molar-refractivity contribution in [1.29, 1.82) is 5.26 Å². The highest BCUT2D eigenvalue weighted by Crippen LogP contribution is 2.37. The molecule has 0 aliphatic heterocycles. The molecule has 1 aliphatic carbocycles. The molecule has 0 aromatic carbocycles. The fourth-order valence-corrected chi connectivity index (χ4v) is 3.68. The van der Waals surface area contributed by atoms with Crippen molar-refractivity contribution in [3.8, 4) is 6.07 Å². The first kappa shape index (κ1) is 12.9. The highest BCUT2D eigenvalue weighted by molar-refractivity contribution is 7.16. The van der Waals surface area contributed by atoms with E-state index in [1.165, 1.54) is 34.9 Å². The van der Waals surface area contributed by atoms with E-state index in [1.54, 1.807) is 0 Å². The van der Waals surface area contributed by atoms with Gasteiger partial charge in [-0.2, -0.15) is 5.26 Å². The summed E-state index contributed by atoms with van der Waals surface area (Å²) >= 11 is 1.51. The van der Waals surface area contributed by atoms with Crippen LogP contribution in [0, 0.1) is 11.3 Å². The number of hydrogen-bond acceptors (Lipinski definition) is 5. The molecule has 20 heavy (non-hydrogen) atoms. The second-order valence-corrected chi connectivity index (χ2v) is 5.82. The molecular weight excluding hydrogens is 274 g/mol. The van der Waals surface area contributed by atoms with Crippen molar-refractivity contribution in [3.05, 3.63) is 34.0 Å². The number of nitrogens with zero attached hydrogens (tertiary/aromatic N) is 2. The number of amides is 1. The van der Waals surface area contributed by atoms with Crippen LogP contribution in [0.2, 0.25) is 0 Å². The molecule has 102 valence electrons. The van der Waals surface area contributed by atoms with Gasteiger partial charge in [0.05, 0.1) is 11.8 Å². The van der Waals surface area contributed by atoms with Crippen LogP contribution >= 0.6 is 11.3 Å². The number of nitrogens with one attached hydrogen (secondary N) is 1. The molecule has 2 heterocycles. The van der Waals surface area contributed by atoms with E-state index in [0.29, 0.717) is 10.6 Å². The minimum atomic E-state index is -0.365. The van der Waals surface area contributed by atoms with Crippen LogP contribution in [0.4, 0.5) is 5.00 Å². The van der Waals surface area contributed by atoms with Crippen LogP contribution in [0.1, 0.15) is 45.8 Å². The first-order valence-corrected chi connectivity index (χ1v) is 7.38. The minimum Gasteiger partial charge on any atom is -0.351 e. The highest BCUT2D eigenvalue weighted by Gasteiger charge is 2.22. The topological polar surface area (TPSA) is 78.9 Å². The smallest absolute Gasteiger partial charge is 0.294 e. The molecule has 0 spiro atoms. The maximum absolute atomic E-state index is 12.0. The highest BCUT2D eigenvalue weighted by atomic mass is 32.1. The van der Waals surface area contributed by atoms with Crippen LogP contribution in [-0.4, -0.2) is 11.1 Å². The Balaban J connectivity index is 1.90. The standard InChI is InChI=1S/C14H13N3O2S/c15-8-10-9-4-2-1-3-5-12(9)20-14(10)17-13(18)11-6-7-16-19-11/h6-7H,1-5H2,(H,17,18). The van der Waals surface area contributed by atoms with Crippen molar-refractivity contribution < 1.29 is 9.32 Å². The largest absolute Gasteiger partial charge is 0.351 e. The van der Waals surface area contributed by atoms with E-state index in [9.17, 15) is 10.1 Å². The molecular formula is C14H13N3O2S. The van der Waals surface area contributed by atoms with Crippen LogP contribution in [0.25, 0.3) is 0 Å². The Morgan fingerprint density at radius 1 is 1.40 bits per heavy atom. The fraction of sp³-hybridized carbons (Fsp3) is 0.357. The first-order valence-electron chi connectivity index (χ1n) is 6.56. The summed E-state index contributed by atoms with van der Waals surface area (Å²) in [6.07, 6.45) is 6.79. The van der Waals surface area contributed by atoms with Crippen LogP contribution in [0.5, 0.6) is 0 Å². The van der Waals surface area contributed by atoms with Gasteiger partial charge in [-0.05, 0) is 31.2 Å². The van der Waals surface area contributed by atoms with Crippen molar-refractivity contribution in [3.63, 3.8) is 0 Å². The van der Waals surface area contributed by atoms with Gasteiger partial charge in [0.2, 0.25) is 5.76 Å². The molecule has 0 radical (unpaired) electrons. The van der Waals surface area contributed by atoms with Gasteiger partial charge in [0.15, 0.2) is 0 Å². The molecule has 0 bridgehead atoms. The van der Waals surface area contributed by atoms with E-state index in [4.69, 9.17) is 4.52 Å². The van der Waals surface area contributed by atoms with Crippen molar-refractivity contribution in [2.24, 2.45) is 0 Å². The van der Waals surface area contributed by atoms with E-state index in [2.05, 4.69) is 16.5 Å². The van der Waals surface area contributed by atoms with Gasteiger partial charge in [0, 0.05) is 10.9 Å². The molecule has 0 atom stereocenters. The molecule has 3 rings (SSSR count). The molecule has 0 saturated carbocycles. The van der Waals surface area contributed by atoms with Gasteiger partial charge in [-0.25, -0.2) is 0 Å². The summed E-state index contributed by atoms with van der Waals surface area (Å²) < 4.78 is 4.82. The average molecular weight is 287 g/mol. The van der Waals surface area contributed by atoms with Crippen LogP contribution in [-0.2, 0) is 12.8 Å². The van der Waals surface area contributed by atoms with E-state index in [0.717, 1.165) is 31.2 Å². The SMILES string of the molecule is N#Cc1c(NC(=O)c2ccno2)sc2c1CCCCC2. The molecule has 1 amide bonds. The zero-order valence-corrected chi connectivity index (χ0v) is 11.6. The van der Waals surface area contributed by atoms with Gasteiger partial charge >= 0.3 is 0 Å². The molecule has 5 nitrogen and oxygen atoms in total. The lowest BCUT2D eigenvalue weighted by Crippen LogP contribution is -2.10. The lowest BCUT2D eigenvalue weighted by atomic mass is 10.1. The Bertz CT molecular complexity index is 667. The molecule has 1 N–H and O–H groups in total. The van der Waals surface area contributed by atoms with Gasteiger partial charge in [-0.3, -0.25) is 4.79 Å². The average Bonchev–Trinajstić information content (AvgIpc) is 3.02. The summed E-state index contributed by atoms with van der Waals surface area (Å²) in [7, 11) is 0. The molecule has 1 aliphatic rings. The summed E-state index contributed by atoms with van der Waals surface area (Å²) in [5, 5.41) is 16.3. The number of carbonyl (C=O) groups excluding carboxylic acids is 1. The fourth-order valence-electron chi connectivity index (χ4n) is 2.45. The van der Waals surface area contributed by atoms with Gasteiger partial charge in [-0.15, -0.1) is 11.3 Å². The molecule has 0 fully saturated rings. The van der Waals surface area contributed by atoms with Crippen molar-refractivity contribution in [1.82, 2.24) is 5.16 Å². The predicted molar refractivity (Wildman–Crippen MR) is 74.7 cm³/mol. The number of aryl methyl sites for hydroxylation is 1. The second-order valence-electron chi connectivity index (χ2n) is 4.71. The van der Waals surface area contributed by atoms with E-state index < -0.39 is 0 Å². The van der Waals surface area contributed by atoms with Gasteiger partial charge in [0.1, 0.15) is 11.1 Å². The predicted octanol–water partition coefficient (Wildman–Crippen LogP) is 3.13. The normalized spacial score (nSPS) is 14.2. The zero-order valence-electron chi connectivity index (χ0n) is 10.8. The number of nitriles is 1. The first-order chi connectivity index (χ1) is 9.79. The molecule has 2 aromatic rings. The minimum absolute atomic E-state index is 0.150. The third kappa shape index (κ3) is 2.32. The Hall–Kier alpha value is -2.13. The van der Waals surface area contributed by atoms with E-state index >= 15 is 0 Å². The summed E-state index contributed by atoms with van der Waals surface area (Å²) in [6, 6.07) is 3.73. The Morgan fingerprint density at radius 3 is 3.00 bits per heavy atom. The van der Waals surface area contributed by atoms with Crippen LogP contribution in [0.15, 0.2) is 16.8 Å². The van der Waals surface area contributed by atoms with E-state index in [-0.39, 0.29) is 11.7 Å². The third-order valence-corrected chi connectivity index (χ3v) is 4.63. The number of fused-ring (bicyclic) bond motifs is 1. The number of thiophene rings is 1. The third-order valence-electron chi connectivity index (χ3n) is 3.42. The number of aromatic nitrogens is 1. The number of rotatable bonds is 2. The number of hydrogen-bond donors (Lipinski definition) is 1. The molecule has 2 aromatic heterocycles. The molecule has 6 heteroatoms. The number of anilines is 1. The lowest BCUT2D eigenvalue weighted by molar-refractivity contribution is 0.0988. The van der Waals surface area contributed by atoms with Gasteiger partial charge < -0.3 is 9.84 Å². The molecule has 0 saturated heterocycles. The summed E-state index contributed by atoms with van der Waals surface area (Å²) in [4.78, 5) is 13.2. The van der Waals surface area contributed by atoms with E-state index in [1.807, 2.05) is 0 Å². The van der Waals surface area contributed by atoms with Crippen LogP contribution < -0.4 is 5.32 Å². The maximum atomic E-state index is 12.0. The van der Waals surface area contributed by atoms with Crippen molar-refractivity contribution >= 4 is 22.2 Å². The summed E-state index contributed by atoms with van der Waals surface area (Å²) in [5.41, 5.74) is 1.72. The Morgan fingerprint density at radius 2 is 2.25 bits per heavy atom. The maximum Gasteiger partial charge on any atom is 0.294 e. The number of carbonyl (C=O) groups is 1. The van der Waals surface area contributed by atoms with Crippen molar-refractivity contribution in [2.45, 2.75) is 32.1 Å². The lowest BCUT2D eigenvalue weighted by Gasteiger charge is -2.01. The second kappa shape index (κ2) is 5.47. The summed E-state index contributed by atoms with van der Waals surface area (Å²) in [5.74, 6) is -0.215.